The average molecular weight is 306 g/mol. The summed E-state index contributed by atoms with van der Waals surface area (Å²) in [6, 6.07) is 0.192. The lowest BCUT2D eigenvalue weighted by molar-refractivity contribution is 0.0941. The topological polar surface area (TPSA) is 54.9 Å². The number of aromatic nitrogens is 2. The van der Waals surface area contributed by atoms with E-state index in [0.29, 0.717) is 4.88 Å². The van der Waals surface area contributed by atoms with E-state index in [1.54, 1.807) is 0 Å². The molecular weight excluding hydrogens is 290 g/mol. The van der Waals surface area contributed by atoms with Gasteiger partial charge < -0.3 is 5.32 Å². The molecule has 1 rings (SSSR count). The molecule has 0 saturated carbocycles. The Morgan fingerprint density at radius 2 is 2.38 bits per heavy atom. The van der Waals surface area contributed by atoms with E-state index in [1.165, 1.54) is 11.5 Å². The van der Waals surface area contributed by atoms with Crippen molar-refractivity contribution in [1.29, 1.82) is 0 Å². The number of nitrogens with zero attached hydrogens (tertiary/aromatic N) is 2. The van der Waals surface area contributed by atoms with Gasteiger partial charge in [-0.3, -0.25) is 4.79 Å². The maximum absolute atomic E-state index is 11.9. The van der Waals surface area contributed by atoms with Gasteiger partial charge in [0.15, 0.2) is 0 Å². The van der Waals surface area contributed by atoms with Crippen LogP contribution in [0.5, 0.6) is 0 Å². The van der Waals surface area contributed by atoms with E-state index in [1.807, 2.05) is 13.8 Å². The van der Waals surface area contributed by atoms with Gasteiger partial charge >= 0.3 is 0 Å². The quantitative estimate of drug-likeness (QED) is 0.821. The smallest absolute Gasteiger partial charge is 0.265 e. The molecule has 16 heavy (non-hydrogen) atoms. The van der Waals surface area contributed by atoms with Crippen LogP contribution in [-0.2, 0) is 6.42 Å². The molecule has 90 valence electrons. The minimum absolute atomic E-state index is 0.0473. The van der Waals surface area contributed by atoms with Crippen LogP contribution in [0.4, 0.5) is 0 Å². The van der Waals surface area contributed by atoms with Crippen LogP contribution in [0.25, 0.3) is 0 Å². The molecule has 0 radical (unpaired) electrons. The number of amides is 1. The zero-order chi connectivity index (χ0) is 12.0. The fourth-order valence-corrected chi connectivity index (χ4v) is 2.33. The van der Waals surface area contributed by atoms with Crippen LogP contribution in [0, 0.1) is 0 Å². The SMILES string of the molecule is CCc1nnsc1C(=O)NC(C)CCCBr. The van der Waals surface area contributed by atoms with E-state index >= 15 is 0 Å². The van der Waals surface area contributed by atoms with Gasteiger partial charge in [0.2, 0.25) is 0 Å². The molecule has 0 aliphatic carbocycles. The van der Waals surface area contributed by atoms with Crippen molar-refractivity contribution >= 4 is 33.4 Å². The fourth-order valence-electron chi connectivity index (χ4n) is 1.36. The number of carbonyl (C=O) groups is 1. The molecule has 0 aliphatic heterocycles. The Hall–Kier alpha value is -0.490. The van der Waals surface area contributed by atoms with Crippen molar-refractivity contribution in [2.24, 2.45) is 0 Å². The van der Waals surface area contributed by atoms with E-state index in [0.717, 1.165) is 30.3 Å². The normalized spacial score (nSPS) is 12.4. The Morgan fingerprint density at radius 1 is 1.62 bits per heavy atom. The van der Waals surface area contributed by atoms with E-state index in [-0.39, 0.29) is 11.9 Å². The maximum Gasteiger partial charge on any atom is 0.265 e. The lowest BCUT2D eigenvalue weighted by atomic mass is 10.2. The fraction of sp³-hybridized carbons (Fsp3) is 0.700. The van der Waals surface area contributed by atoms with Crippen molar-refractivity contribution in [2.75, 3.05) is 5.33 Å². The van der Waals surface area contributed by atoms with E-state index < -0.39 is 0 Å². The van der Waals surface area contributed by atoms with E-state index in [2.05, 4.69) is 30.8 Å². The molecule has 0 aliphatic rings. The van der Waals surface area contributed by atoms with Gasteiger partial charge in [-0.2, -0.15) is 0 Å². The summed E-state index contributed by atoms with van der Waals surface area (Å²) < 4.78 is 3.81. The molecule has 1 amide bonds. The van der Waals surface area contributed by atoms with Crippen LogP contribution >= 0.6 is 27.5 Å². The summed E-state index contributed by atoms with van der Waals surface area (Å²) >= 11 is 4.54. The summed E-state index contributed by atoms with van der Waals surface area (Å²) in [5, 5.41) is 7.86. The van der Waals surface area contributed by atoms with Gasteiger partial charge in [0.25, 0.3) is 5.91 Å². The van der Waals surface area contributed by atoms with Gasteiger partial charge in [-0.25, -0.2) is 0 Å². The lowest BCUT2D eigenvalue weighted by Crippen LogP contribution is -2.32. The predicted molar refractivity (Wildman–Crippen MR) is 69.2 cm³/mol. The molecular formula is C10H16BrN3OS. The first-order valence-corrected chi connectivity index (χ1v) is 7.26. The minimum atomic E-state index is -0.0473. The number of hydrogen-bond acceptors (Lipinski definition) is 4. The number of aryl methyl sites for hydroxylation is 1. The third-order valence-electron chi connectivity index (χ3n) is 2.25. The zero-order valence-electron chi connectivity index (χ0n) is 9.49. The van der Waals surface area contributed by atoms with Crippen molar-refractivity contribution in [3.63, 3.8) is 0 Å². The standard InChI is InChI=1S/C10H16BrN3OS/c1-3-8-9(16-14-13-8)10(15)12-7(2)5-4-6-11/h7H,3-6H2,1-2H3,(H,12,15). The van der Waals surface area contributed by atoms with Crippen LogP contribution in [0.3, 0.4) is 0 Å². The monoisotopic (exact) mass is 305 g/mol. The van der Waals surface area contributed by atoms with Gasteiger partial charge in [0.05, 0.1) is 5.69 Å². The molecule has 1 aromatic heterocycles. The molecule has 1 atom stereocenters. The van der Waals surface area contributed by atoms with Gasteiger partial charge in [0, 0.05) is 11.4 Å². The number of alkyl halides is 1. The van der Waals surface area contributed by atoms with Crippen molar-refractivity contribution in [2.45, 2.75) is 39.2 Å². The highest BCUT2D eigenvalue weighted by atomic mass is 79.9. The first-order chi connectivity index (χ1) is 7.69. The van der Waals surface area contributed by atoms with Crippen LogP contribution in [0.2, 0.25) is 0 Å². The van der Waals surface area contributed by atoms with Crippen molar-refractivity contribution in [1.82, 2.24) is 14.9 Å². The van der Waals surface area contributed by atoms with E-state index in [4.69, 9.17) is 0 Å². The van der Waals surface area contributed by atoms with Crippen LogP contribution in [0.1, 0.15) is 42.1 Å². The van der Waals surface area contributed by atoms with Crippen LogP contribution in [-0.4, -0.2) is 26.9 Å². The third-order valence-corrected chi connectivity index (χ3v) is 3.57. The highest BCUT2D eigenvalue weighted by Gasteiger charge is 2.16. The number of rotatable bonds is 6. The number of hydrogen-bond donors (Lipinski definition) is 1. The summed E-state index contributed by atoms with van der Waals surface area (Å²) in [5.74, 6) is -0.0473. The van der Waals surface area contributed by atoms with Crippen LogP contribution in [0.15, 0.2) is 0 Å². The Morgan fingerprint density at radius 3 is 3.00 bits per heavy atom. The lowest BCUT2D eigenvalue weighted by Gasteiger charge is -2.12. The summed E-state index contributed by atoms with van der Waals surface area (Å²) in [5.41, 5.74) is 0.787. The largest absolute Gasteiger partial charge is 0.349 e. The Balaban J connectivity index is 2.52. The number of halogens is 1. The second-order valence-electron chi connectivity index (χ2n) is 3.61. The third kappa shape index (κ3) is 3.83. The van der Waals surface area contributed by atoms with Crippen molar-refractivity contribution < 1.29 is 4.79 Å². The molecule has 1 aromatic rings. The van der Waals surface area contributed by atoms with Crippen LogP contribution < -0.4 is 5.32 Å². The first-order valence-electron chi connectivity index (χ1n) is 5.37. The predicted octanol–water partition coefficient (Wildman–Crippen LogP) is 2.39. The molecule has 6 heteroatoms. The summed E-state index contributed by atoms with van der Waals surface area (Å²) in [6.07, 6.45) is 2.78. The minimum Gasteiger partial charge on any atom is -0.349 e. The highest BCUT2D eigenvalue weighted by molar-refractivity contribution is 9.09. The molecule has 1 N–H and O–H groups in total. The number of nitrogens with one attached hydrogen (secondary N) is 1. The highest BCUT2D eigenvalue weighted by Crippen LogP contribution is 2.11. The second kappa shape index (κ2) is 6.96. The van der Waals surface area contributed by atoms with Crippen molar-refractivity contribution in [3.05, 3.63) is 10.6 Å². The molecule has 0 bridgehead atoms. The number of carbonyl (C=O) groups excluding carboxylic acids is 1. The Kier molecular flexibility index (Phi) is 5.90. The van der Waals surface area contributed by atoms with Gasteiger partial charge in [-0.1, -0.05) is 27.3 Å². The van der Waals surface area contributed by atoms with Crippen molar-refractivity contribution in [3.8, 4) is 0 Å². The molecule has 0 aromatic carbocycles. The first kappa shape index (κ1) is 13.6. The van der Waals surface area contributed by atoms with Gasteiger partial charge in [0.1, 0.15) is 4.88 Å². The van der Waals surface area contributed by atoms with Gasteiger partial charge in [-0.05, 0) is 37.7 Å². The Labute approximate surface area is 108 Å². The maximum atomic E-state index is 11.9. The molecule has 0 fully saturated rings. The molecule has 0 spiro atoms. The molecule has 4 nitrogen and oxygen atoms in total. The van der Waals surface area contributed by atoms with E-state index in [9.17, 15) is 4.79 Å². The summed E-state index contributed by atoms with van der Waals surface area (Å²) in [7, 11) is 0. The molecule has 1 heterocycles. The molecule has 1 unspecified atom stereocenters. The Bertz CT molecular complexity index is 343. The zero-order valence-corrected chi connectivity index (χ0v) is 11.9. The second-order valence-corrected chi connectivity index (χ2v) is 5.16. The van der Waals surface area contributed by atoms with Gasteiger partial charge in [-0.15, -0.1) is 5.10 Å². The molecule has 0 saturated heterocycles. The summed E-state index contributed by atoms with van der Waals surface area (Å²) in [4.78, 5) is 12.5. The summed E-state index contributed by atoms with van der Waals surface area (Å²) in [6.45, 7) is 3.99. The average Bonchev–Trinajstić information content (AvgIpc) is 2.74.